The van der Waals surface area contributed by atoms with Gasteiger partial charge in [0.15, 0.2) is 15.5 Å². The summed E-state index contributed by atoms with van der Waals surface area (Å²) in [6.07, 6.45) is 4.40. The van der Waals surface area contributed by atoms with Gasteiger partial charge in [-0.2, -0.15) is 15.0 Å². The smallest absolute Gasteiger partial charge is 0.192 e. The molecule has 0 spiro atoms. The van der Waals surface area contributed by atoms with Crippen LogP contribution in [0.3, 0.4) is 0 Å². The molecule has 0 aliphatic carbocycles. The molecule has 0 amide bonds. The van der Waals surface area contributed by atoms with Crippen molar-refractivity contribution < 1.29 is 0 Å². The summed E-state index contributed by atoms with van der Waals surface area (Å²) in [4.78, 5) is 12.6. The fraction of sp³-hybridized carbons (Fsp3) is 0.700. The zero-order chi connectivity index (χ0) is 12.0. The highest BCUT2D eigenvalue weighted by Crippen LogP contribution is 2.19. The van der Waals surface area contributed by atoms with Gasteiger partial charge in [0.1, 0.15) is 0 Å². The lowest BCUT2D eigenvalue weighted by Crippen LogP contribution is -1.96. The second kappa shape index (κ2) is 7.40. The maximum Gasteiger partial charge on any atom is 0.192 e. The Morgan fingerprint density at radius 3 is 2.50 bits per heavy atom. The third kappa shape index (κ3) is 5.41. The molecule has 0 atom stereocenters. The van der Waals surface area contributed by atoms with Crippen molar-refractivity contribution in [2.24, 2.45) is 5.92 Å². The number of thiol groups is 1. The van der Waals surface area contributed by atoms with Gasteiger partial charge < -0.3 is 0 Å². The van der Waals surface area contributed by atoms with Gasteiger partial charge in [-0.15, -0.1) is 12.6 Å². The molecule has 0 saturated heterocycles. The van der Waals surface area contributed by atoms with E-state index >= 15 is 0 Å². The van der Waals surface area contributed by atoms with Crippen LogP contribution in [0.5, 0.6) is 0 Å². The molecule has 0 aromatic carbocycles. The van der Waals surface area contributed by atoms with Gasteiger partial charge in [-0.25, -0.2) is 0 Å². The molecule has 0 aliphatic heterocycles. The van der Waals surface area contributed by atoms with Crippen LogP contribution in [0.1, 0.15) is 26.7 Å². The molecule has 0 bridgehead atoms. The van der Waals surface area contributed by atoms with Crippen molar-refractivity contribution in [2.45, 2.75) is 42.2 Å². The van der Waals surface area contributed by atoms with Gasteiger partial charge in [-0.05, 0) is 18.6 Å². The Hall–Kier alpha value is 0.0600. The topological polar surface area (TPSA) is 38.7 Å². The fourth-order valence-corrected chi connectivity index (χ4v) is 2.67. The molecule has 16 heavy (non-hydrogen) atoms. The molecule has 3 nitrogen and oxygen atoms in total. The van der Waals surface area contributed by atoms with E-state index < -0.39 is 0 Å². The van der Waals surface area contributed by atoms with Gasteiger partial charge in [0.2, 0.25) is 0 Å². The molecule has 0 aliphatic rings. The normalized spacial score (nSPS) is 11.1. The number of nitrogens with zero attached hydrogens (tertiary/aromatic N) is 3. The summed E-state index contributed by atoms with van der Waals surface area (Å²) in [6.45, 7) is 4.48. The van der Waals surface area contributed by atoms with Crippen LogP contribution < -0.4 is 0 Å². The summed E-state index contributed by atoms with van der Waals surface area (Å²) >= 11 is 7.37. The van der Waals surface area contributed by atoms with Crippen LogP contribution in [0.25, 0.3) is 0 Å². The Morgan fingerprint density at radius 2 is 1.88 bits per heavy atom. The standard InChI is InChI=1S/C10H17N3S3/c1-7(2)5-4-6-16-10-12-8(14)11-9(13-10)15-3/h7H,4-6H2,1-3H3,(H,11,12,13,14). The minimum atomic E-state index is 0.505. The predicted octanol–water partition coefficient (Wildman–Crippen LogP) is 3.41. The molecular weight excluding hydrogens is 258 g/mol. The van der Waals surface area contributed by atoms with Gasteiger partial charge in [0.25, 0.3) is 0 Å². The van der Waals surface area contributed by atoms with Crippen molar-refractivity contribution in [3.8, 4) is 0 Å². The first-order valence-corrected chi connectivity index (χ1v) is 7.89. The molecular formula is C10H17N3S3. The molecule has 0 fully saturated rings. The number of rotatable bonds is 6. The fourth-order valence-electron chi connectivity index (χ4n) is 1.14. The maximum absolute atomic E-state index is 4.32. The summed E-state index contributed by atoms with van der Waals surface area (Å²) in [7, 11) is 0. The van der Waals surface area contributed by atoms with Crippen LogP contribution in [0.2, 0.25) is 0 Å². The van der Waals surface area contributed by atoms with Crippen LogP contribution >= 0.6 is 36.2 Å². The van der Waals surface area contributed by atoms with Gasteiger partial charge in [-0.1, -0.05) is 43.8 Å². The Balaban J connectivity index is 2.44. The summed E-state index contributed by atoms with van der Waals surface area (Å²) in [5.41, 5.74) is 0. The van der Waals surface area contributed by atoms with Gasteiger partial charge in [0, 0.05) is 5.75 Å². The zero-order valence-corrected chi connectivity index (χ0v) is 12.3. The first-order chi connectivity index (χ1) is 7.61. The lowest BCUT2D eigenvalue weighted by atomic mass is 10.1. The Labute approximate surface area is 111 Å². The average molecular weight is 275 g/mol. The van der Waals surface area contributed by atoms with E-state index in [4.69, 9.17) is 0 Å². The van der Waals surface area contributed by atoms with Crippen LogP contribution in [-0.4, -0.2) is 27.0 Å². The van der Waals surface area contributed by atoms with Crippen molar-refractivity contribution in [3.63, 3.8) is 0 Å². The number of hydrogen-bond acceptors (Lipinski definition) is 6. The molecule has 1 aromatic heterocycles. The monoisotopic (exact) mass is 275 g/mol. The van der Waals surface area contributed by atoms with Crippen LogP contribution in [-0.2, 0) is 0 Å². The Bertz CT molecular complexity index is 331. The van der Waals surface area contributed by atoms with Crippen LogP contribution in [0.4, 0.5) is 0 Å². The molecule has 0 saturated carbocycles. The van der Waals surface area contributed by atoms with E-state index in [9.17, 15) is 0 Å². The van der Waals surface area contributed by atoms with E-state index in [0.29, 0.717) is 5.16 Å². The van der Waals surface area contributed by atoms with Crippen LogP contribution in [0.15, 0.2) is 15.5 Å². The van der Waals surface area contributed by atoms with E-state index in [0.717, 1.165) is 22.0 Å². The van der Waals surface area contributed by atoms with Gasteiger partial charge in [-0.3, -0.25) is 0 Å². The summed E-state index contributed by atoms with van der Waals surface area (Å²) in [6, 6.07) is 0. The van der Waals surface area contributed by atoms with Crippen molar-refractivity contribution in [1.29, 1.82) is 0 Å². The average Bonchev–Trinajstić information content (AvgIpc) is 2.23. The molecule has 6 heteroatoms. The first-order valence-electron chi connectivity index (χ1n) is 5.23. The summed E-state index contributed by atoms with van der Waals surface area (Å²) < 4.78 is 0. The summed E-state index contributed by atoms with van der Waals surface area (Å²) in [5.74, 6) is 1.82. The molecule has 0 unspecified atom stereocenters. The Kier molecular flexibility index (Phi) is 6.53. The lowest BCUT2D eigenvalue weighted by Gasteiger charge is -2.04. The molecule has 0 radical (unpaired) electrons. The molecule has 0 N–H and O–H groups in total. The van der Waals surface area contributed by atoms with Gasteiger partial charge >= 0.3 is 0 Å². The lowest BCUT2D eigenvalue weighted by molar-refractivity contribution is 0.579. The highest BCUT2D eigenvalue weighted by Gasteiger charge is 2.04. The van der Waals surface area contributed by atoms with Crippen LogP contribution in [0, 0.1) is 5.92 Å². The molecule has 1 rings (SSSR count). The molecule has 1 aromatic rings. The van der Waals surface area contributed by atoms with Crippen molar-refractivity contribution in [2.75, 3.05) is 12.0 Å². The molecule has 90 valence electrons. The highest BCUT2D eigenvalue weighted by atomic mass is 32.2. The largest absolute Gasteiger partial charge is 0.197 e. The van der Waals surface area contributed by atoms with Gasteiger partial charge in [0.05, 0.1) is 0 Å². The van der Waals surface area contributed by atoms with E-state index in [1.54, 1.807) is 11.8 Å². The zero-order valence-electron chi connectivity index (χ0n) is 9.80. The first kappa shape index (κ1) is 14.1. The third-order valence-electron chi connectivity index (χ3n) is 1.92. The summed E-state index contributed by atoms with van der Waals surface area (Å²) in [5, 5.41) is 2.03. The maximum atomic E-state index is 4.32. The minimum absolute atomic E-state index is 0.505. The van der Waals surface area contributed by atoms with Crippen molar-refractivity contribution in [1.82, 2.24) is 15.0 Å². The number of hydrogen-bond donors (Lipinski definition) is 1. The number of thioether (sulfide) groups is 2. The Morgan fingerprint density at radius 1 is 1.19 bits per heavy atom. The SMILES string of the molecule is CSc1nc(S)nc(SCCCC(C)C)n1. The van der Waals surface area contributed by atoms with E-state index in [-0.39, 0.29) is 0 Å². The molecule has 1 heterocycles. The minimum Gasteiger partial charge on any atom is -0.197 e. The second-order valence-corrected chi connectivity index (χ2v) is 6.02. The quantitative estimate of drug-likeness (QED) is 0.489. The van der Waals surface area contributed by atoms with Crippen molar-refractivity contribution in [3.05, 3.63) is 0 Å². The van der Waals surface area contributed by atoms with E-state index in [2.05, 4.69) is 41.4 Å². The van der Waals surface area contributed by atoms with E-state index in [1.807, 2.05) is 6.26 Å². The van der Waals surface area contributed by atoms with Crippen molar-refractivity contribution >= 4 is 36.2 Å². The number of aromatic nitrogens is 3. The third-order valence-corrected chi connectivity index (χ3v) is 3.60. The predicted molar refractivity (Wildman–Crippen MR) is 73.7 cm³/mol. The van der Waals surface area contributed by atoms with E-state index in [1.165, 1.54) is 24.6 Å². The highest BCUT2D eigenvalue weighted by molar-refractivity contribution is 7.99. The second-order valence-electron chi connectivity index (χ2n) is 3.79.